The van der Waals surface area contributed by atoms with E-state index in [4.69, 9.17) is 9.79 Å². The molecule has 0 aliphatic carbocycles. The fourth-order valence-corrected chi connectivity index (χ4v) is 2.45. The summed E-state index contributed by atoms with van der Waals surface area (Å²) in [5, 5.41) is 0. The second-order valence-corrected chi connectivity index (χ2v) is 6.77. The van der Waals surface area contributed by atoms with E-state index in [2.05, 4.69) is 47.9 Å². The highest BCUT2D eigenvalue weighted by atomic mass is 31.2. The van der Waals surface area contributed by atoms with Crippen LogP contribution in [0.4, 0.5) is 0 Å². The van der Waals surface area contributed by atoms with Crippen LogP contribution >= 0.6 is 7.82 Å². The van der Waals surface area contributed by atoms with Gasteiger partial charge in [0.25, 0.3) is 0 Å². The van der Waals surface area contributed by atoms with Crippen LogP contribution in [0, 0.1) is 0 Å². The summed E-state index contributed by atoms with van der Waals surface area (Å²) in [6, 6.07) is 0. The fraction of sp³-hybridized carbons (Fsp3) is 0.667. The molecule has 0 saturated carbocycles. The second-order valence-electron chi connectivity index (χ2n) is 5.53. The van der Waals surface area contributed by atoms with Crippen molar-refractivity contribution in [3.8, 4) is 0 Å². The molecular weight excluding hydrogens is 311 g/mol. The second kappa shape index (κ2) is 16.2. The molecule has 0 aliphatic heterocycles. The predicted octanol–water partition coefficient (Wildman–Crippen LogP) is 5.69. The van der Waals surface area contributed by atoms with Gasteiger partial charge >= 0.3 is 7.82 Å². The van der Waals surface area contributed by atoms with Gasteiger partial charge in [-0.15, -0.1) is 0 Å². The predicted molar refractivity (Wildman–Crippen MR) is 97.3 cm³/mol. The lowest BCUT2D eigenvalue weighted by Gasteiger charge is -2.04. The summed E-state index contributed by atoms with van der Waals surface area (Å²) in [4.78, 5) is 17.0. The van der Waals surface area contributed by atoms with Crippen LogP contribution in [0.5, 0.6) is 0 Å². The molecule has 0 aliphatic rings. The minimum absolute atomic E-state index is 0.148. The minimum atomic E-state index is -4.27. The minimum Gasteiger partial charge on any atom is -0.303 e. The van der Waals surface area contributed by atoms with Gasteiger partial charge in [0.15, 0.2) is 0 Å². The van der Waals surface area contributed by atoms with Crippen LogP contribution in [0.25, 0.3) is 0 Å². The van der Waals surface area contributed by atoms with Crippen molar-refractivity contribution >= 4 is 7.82 Å². The molecule has 0 heterocycles. The first kappa shape index (κ1) is 22.3. The molecule has 134 valence electrons. The van der Waals surface area contributed by atoms with Gasteiger partial charge in [-0.3, -0.25) is 4.52 Å². The highest BCUT2D eigenvalue weighted by molar-refractivity contribution is 7.46. The Morgan fingerprint density at radius 1 is 0.783 bits per heavy atom. The topological polar surface area (TPSA) is 66.8 Å². The molecule has 0 atom stereocenters. The summed E-state index contributed by atoms with van der Waals surface area (Å²) in [6.07, 6.45) is 23.9. The van der Waals surface area contributed by atoms with E-state index in [1.54, 1.807) is 0 Å². The van der Waals surface area contributed by atoms with E-state index in [1.165, 1.54) is 19.3 Å². The molecule has 0 rings (SSSR count). The van der Waals surface area contributed by atoms with Crippen molar-refractivity contribution in [1.82, 2.24) is 0 Å². The normalized spacial score (nSPS) is 13.0. The largest absolute Gasteiger partial charge is 0.469 e. The van der Waals surface area contributed by atoms with Gasteiger partial charge in [-0.05, 0) is 38.5 Å². The molecule has 5 heteroatoms. The summed E-state index contributed by atoms with van der Waals surface area (Å²) in [5.74, 6) is 0. The van der Waals surface area contributed by atoms with E-state index in [-0.39, 0.29) is 6.61 Å². The van der Waals surface area contributed by atoms with E-state index in [1.807, 2.05) is 0 Å². The van der Waals surface area contributed by atoms with E-state index >= 15 is 0 Å². The number of hydrogen-bond donors (Lipinski definition) is 2. The van der Waals surface area contributed by atoms with Gasteiger partial charge < -0.3 is 9.79 Å². The molecular formula is C18H33O4P. The van der Waals surface area contributed by atoms with Gasteiger partial charge in [-0.1, -0.05) is 69.1 Å². The highest BCUT2D eigenvalue weighted by Gasteiger charge is 2.12. The zero-order valence-corrected chi connectivity index (χ0v) is 15.3. The SMILES string of the molecule is CC/C=C\C/C=C\C/C=C\CCCCCCCCOP(=O)(O)O. The number of unbranched alkanes of at least 4 members (excludes halogenated alkanes) is 6. The van der Waals surface area contributed by atoms with Crippen LogP contribution in [-0.4, -0.2) is 16.4 Å². The third kappa shape index (κ3) is 21.3. The molecule has 0 aromatic heterocycles. The van der Waals surface area contributed by atoms with E-state index < -0.39 is 7.82 Å². The molecule has 0 radical (unpaired) electrons. The molecule has 0 fully saturated rings. The number of hydrogen-bond acceptors (Lipinski definition) is 2. The Morgan fingerprint density at radius 3 is 1.91 bits per heavy atom. The van der Waals surface area contributed by atoms with Crippen LogP contribution in [0.15, 0.2) is 36.5 Å². The molecule has 0 unspecified atom stereocenters. The van der Waals surface area contributed by atoms with Gasteiger partial charge in [0.1, 0.15) is 0 Å². The summed E-state index contributed by atoms with van der Waals surface area (Å²) in [5.41, 5.74) is 0. The average molecular weight is 344 g/mol. The summed E-state index contributed by atoms with van der Waals surface area (Å²) in [6.45, 7) is 2.29. The molecule has 0 bridgehead atoms. The van der Waals surface area contributed by atoms with Crippen molar-refractivity contribution in [2.75, 3.05) is 6.61 Å². The molecule has 23 heavy (non-hydrogen) atoms. The molecule has 2 N–H and O–H groups in total. The van der Waals surface area contributed by atoms with Crippen molar-refractivity contribution in [3.05, 3.63) is 36.5 Å². The maximum Gasteiger partial charge on any atom is 0.469 e. The van der Waals surface area contributed by atoms with Crippen LogP contribution in [-0.2, 0) is 9.09 Å². The Labute approximate surface area is 141 Å². The first-order chi connectivity index (χ1) is 11.1. The maximum atomic E-state index is 10.5. The van der Waals surface area contributed by atoms with Crippen LogP contribution in [0.1, 0.15) is 71.1 Å². The average Bonchev–Trinajstić information content (AvgIpc) is 2.49. The van der Waals surface area contributed by atoms with Crippen molar-refractivity contribution in [3.63, 3.8) is 0 Å². The maximum absolute atomic E-state index is 10.5. The van der Waals surface area contributed by atoms with Gasteiger partial charge in [0, 0.05) is 0 Å². The summed E-state index contributed by atoms with van der Waals surface area (Å²) >= 11 is 0. The Bertz CT molecular complexity index is 382. The van der Waals surface area contributed by atoms with Gasteiger partial charge in [-0.25, -0.2) is 4.57 Å². The third-order valence-electron chi connectivity index (χ3n) is 3.30. The van der Waals surface area contributed by atoms with Crippen LogP contribution in [0.3, 0.4) is 0 Å². The van der Waals surface area contributed by atoms with E-state index in [9.17, 15) is 4.57 Å². The van der Waals surface area contributed by atoms with Gasteiger partial charge in [0.05, 0.1) is 6.61 Å². The lowest BCUT2D eigenvalue weighted by Crippen LogP contribution is -1.92. The zero-order valence-electron chi connectivity index (χ0n) is 14.4. The number of allylic oxidation sites excluding steroid dienone is 6. The Morgan fingerprint density at radius 2 is 1.30 bits per heavy atom. The van der Waals surface area contributed by atoms with E-state index in [0.29, 0.717) is 6.42 Å². The molecule has 0 saturated heterocycles. The van der Waals surface area contributed by atoms with Crippen molar-refractivity contribution in [2.24, 2.45) is 0 Å². The van der Waals surface area contributed by atoms with Crippen molar-refractivity contribution < 1.29 is 18.9 Å². The van der Waals surface area contributed by atoms with Gasteiger partial charge in [0.2, 0.25) is 0 Å². The summed E-state index contributed by atoms with van der Waals surface area (Å²) < 4.78 is 14.8. The molecule has 0 aromatic carbocycles. The Kier molecular flexibility index (Phi) is 15.7. The van der Waals surface area contributed by atoms with Crippen molar-refractivity contribution in [2.45, 2.75) is 71.1 Å². The monoisotopic (exact) mass is 344 g/mol. The molecule has 0 aromatic rings. The highest BCUT2D eigenvalue weighted by Crippen LogP contribution is 2.35. The number of phosphoric ester groups is 1. The fourth-order valence-electron chi connectivity index (χ4n) is 2.08. The number of phosphoric acid groups is 1. The Hall–Kier alpha value is -0.670. The van der Waals surface area contributed by atoms with Crippen molar-refractivity contribution in [1.29, 1.82) is 0 Å². The van der Waals surface area contributed by atoms with Gasteiger partial charge in [-0.2, -0.15) is 0 Å². The standard InChI is InChI=1S/C18H33O4P/c1-2-3-4-5-6-7-8-9-10-11-12-13-14-15-16-17-18-22-23(19,20)21/h3-4,6-7,9-10H,2,5,8,11-18H2,1H3,(H2,19,20,21)/b4-3-,7-6-,10-9-. The Balaban J connectivity index is 3.25. The molecule has 0 amide bonds. The lowest BCUT2D eigenvalue weighted by atomic mass is 10.1. The quantitative estimate of drug-likeness (QED) is 0.228. The smallest absolute Gasteiger partial charge is 0.303 e. The third-order valence-corrected chi connectivity index (χ3v) is 3.82. The molecule has 0 spiro atoms. The zero-order chi connectivity index (χ0) is 17.2. The number of rotatable bonds is 15. The summed E-state index contributed by atoms with van der Waals surface area (Å²) in [7, 11) is -4.27. The lowest BCUT2D eigenvalue weighted by molar-refractivity contribution is 0.193. The van der Waals surface area contributed by atoms with Crippen LogP contribution in [0.2, 0.25) is 0 Å². The first-order valence-corrected chi connectivity index (χ1v) is 10.2. The van der Waals surface area contributed by atoms with Crippen LogP contribution < -0.4 is 0 Å². The van der Waals surface area contributed by atoms with E-state index in [0.717, 1.165) is 38.5 Å². The molecule has 4 nitrogen and oxygen atoms in total. The first-order valence-electron chi connectivity index (χ1n) is 8.71.